The summed E-state index contributed by atoms with van der Waals surface area (Å²) in [6, 6.07) is 18.4. The number of anilines is 2. The quantitative estimate of drug-likeness (QED) is 0.320. The highest BCUT2D eigenvalue weighted by molar-refractivity contribution is 6.42. The normalized spacial score (nSPS) is 10.6. The van der Waals surface area contributed by atoms with Crippen molar-refractivity contribution < 1.29 is 19.1 Å². The number of nitrogens with zero attached hydrogens (tertiary/aromatic N) is 1. The Hall–Kier alpha value is -4.01. The number of aromatic nitrogens is 1. The van der Waals surface area contributed by atoms with Gasteiger partial charge in [0, 0.05) is 16.1 Å². The lowest BCUT2D eigenvalue weighted by atomic mass is 10.2. The van der Waals surface area contributed by atoms with Crippen LogP contribution in [-0.2, 0) is 9.59 Å². The molecule has 0 unspecified atom stereocenters. The minimum absolute atomic E-state index is 0.0592. The second kappa shape index (κ2) is 10.1. The molecule has 4 aromatic rings. The molecular weight excluding hydrogens is 491 g/mol. The number of rotatable bonds is 5. The zero-order valence-corrected chi connectivity index (χ0v) is 20.2. The van der Waals surface area contributed by atoms with E-state index in [2.05, 4.69) is 16.1 Å². The summed E-state index contributed by atoms with van der Waals surface area (Å²) in [6.45, 7) is 1.82. The number of methoxy groups -OCH3 is 1. The summed E-state index contributed by atoms with van der Waals surface area (Å²) in [5, 5.41) is 6.62. The Labute approximate surface area is 210 Å². The van der Waals surface area contributed by atoms with Gasteiger partial charge in [0.05, 0.1) is 17.8 Å². The number of hydrogen-bond acceptors (Lipinski definition) is 4. The maximum atomic E-state index is 13.2. The molecule has 0 bridgehead atoms. The maximum absolute atomic E-state index is 13.2. The predicted octanol–water partition coefficient (Wildman–Crippen LogP) is 5.23. The first kappa shape index (κ1) is 24.1. The minimum Gasteiger partial charge on any atom is -0.494 e. The zero-order chi connectivity index (χ0) is 25.1. The first-order valence-corrected chi connectivity index (χ1v) is 11.2. The number of fused-ring (bicyclic) bond motifs is 1. The summed E-state index contributed by atoms with van der Waals surface area (Å²) in [6.07, 6.45) is 0. The molecule has 3 N–H and O–H groups in total. The van der Waals surface area contributed by atoms with Crippen LogP contribution in [0.15, 0.2) is 66.7 Å². The maximum Gasteiger partial charge on any atom is 0.328 e. The summed E-state index contributed by atoms with van der Waals surface area (Å²) < 4.78 is 6.63. The van der Waals surface area contributed by atoms with Gasteiger partial charge in [-0.1, -0.05) is 53.5 Å². The van der Waals surface area contributed by atoms with E-state index < -0.39 is 17.7 Å². The van der Waals surface area contributed by atoms with Gasteiger partial charge in [0.15, 0.2) is 0 Å². The van der Waals surface area contributed by atoms with Gasteiger partial charge in [-0.05, 0) is 48.9 Å². The van der Waals surface area contributed by atoms with Crippen LogP contribution in [0.4, 0.5) is 11.4 Å². The largest absolute Gasteiger partial charge is 0.494 e. The second-order valence-electron chi connectivity index (χ2n) is 7.56. The molecule has 4 rings (SSSR count). The van der Waals surface area contributed by atoms with Crippen molar-refractivity contribution in [1.82, 2.24) is 4.68 Å². The summed E-state index contributed by atoms with van der Waals surface area (Å²) >= 11 is 12.3. The number of hydrogen-bond donors (Lipinski definition) is 3. The van der Waals surface area contributed by atoms with Crippen LogP contribution in [0.1, 0.15) is 16.1 Å². The van der Waals surface area contributed by atoms with E-state index in [1.807, 2.05) is 6.92 Å². The van der Waals surface area contributed by atoms with Crippen molar-refractivity contribution in [2.45, 2.75) is 6.92 Å². The van der Waals surface area contributed by atoms with Crippen LogP contribution in [0.5, 0.6) is 5.75 Å². The smallest absolute Gasteiger partial charge is 0.328 e. The molecule has 8 nitrogen and oxygen atoms in total. The Kier molecular flexibility index (Phi) is 6.95. The number of amides is 3. The van der Waals surface area contributed by atoms with Crippen molar-refractivity contribution in [2.75, 3.05) is 23.2 Å². The van der Waals surface area contributed by atoms with E-state index in [4.69, 9.17) is 27.9 Å². The average molecular weight is 511 g/mol. The number of halogens is 2. The SMILES string of the molecule is COc1cccc2cc(C(=O)Nc3ccccc3Cl)n(NC(=O)C(=O)Nc3ccc(C)c(Cl)c3)c12. The molecule has 1 aromatic heterocycles. The summed E-state index contributed by atoms with van der Waals surface area (Å²) in [5.41, 5.74) is 4.53. The number of benzene rings is 3. The molecular formula is C25H20Cl2N4O4. The van der Waals surface area contributed by atoms with E-state index in [1.165, 1.54) is 11.8 Å². The van der Waals surface area contributed by atoms with Crippen molar-refractivity contribution in [2.24, 2.45) is 0 Å². The van der Waals surface area contributed by atoms with E-state index in [9.17, 15) is 14.4 Å². The third kappa shape index (κ3) is 5.08. The van der Waals surface area contributed by atoms with Gasteiger partial charge in [-0.15, -0.1) is 0 Å². The van der Waals surface area contributed by atoms with Crippen LogP contribution in [0.25, 0.3) is 10.9 Å². The monoisotopic (exact) mass is 510 g/mol. The molecule has 0 saturated carbocycles. The van der Waals surface area contributed by atoms with Crippen molar-refractivity contribution in [1.29, 1.82) is 0 Å². The molecule has 0 radical (unpaired) electrons. The van der Waals surface area contributed by atoms with Gasteiger partial charge in [0.25, 0.3) is 5.91 Å². The summed E-state index contributed by atoms with van der Waals surface area (Å²) in [7, 11) is 1.46. The molecule has 1 heterocycles. The molecule has 0 saturated heterocycles. The Morgan fingerprint density at radius 1 is 0.857 bits per heavy atom. The van der Waals surface area contributed by atoms with Crippen LogP contribution in [0.2, 0.25) is 10.0 Å². The lowest BCUT2D eigenvalue weighted by Gasteiger charge is -2.14. The van der Waals surface area contributed by atoms with E-state index in [0.29, 0.717) is 38.1 Å². The molecule has 0 fully saturated rings. The highest BCUT2D eigenvalue weighted by Gasteiger charge is 2.23. The molecule has 0 aliphatic carbocycles. The van der Waals surface area contributed by atoms with Gasteiger partial charge in [-0.2, -0.15) is 0 Å². The molecule has 0 aliphatic heterocycles. The number of carbonyl (C=O) groups is 3. The third-order valence-electron chi connectivity index (χ3n) is 5.21. The van der Waals surface area contributed by atoms with E-state index >= 15 is 0 Å². The van der Waals surface area contributed by atoms with Gasteiger partial charge in [-0.25, -0.2) is 4.68 Å². The molecule has 3 amide bonds. The standard InChI is InChI=1S/C25H20Cl2N4O4/c1-14-10-11-16(13-18(14)27)28-24(33)25(34)30-31-20(12-15-6-5-9-21(35-2)22(15)31)23(32)29-19-8-4-3-7-17(19)26/h3-13H,1-2H3,(H,28,33)(H,29,32)(H,30,34). The molecule has 0 spiro atoms. The van der Waals surface area contributed by atoms with Crippen molar-refractivity contribution in [3.8, 4) is 5.75 Å². The van der Waals surface area contributed by atoms with Crippen molar-refractivity contribution in [3.05, 3.63) is 88.0 Å². The Morgan fingerprint density at radius 2 is 1.63 bits per heavy atom. The molecule has 178 valence electrons. The van der Waals surface area contributed by atoms with Crippen LogP contribution in [-0.4, -0.2) is 29.5 Å². The van der Waals surface area contributed by atoms with Crippen LogP contribution < -0.4 is 20.8 Å². The van der Waals surface area contributed by atoms with Crippen molar-refractivity contribution in [3.63, 3.8) is 0 Å². The van der Waals surface area contributed by atoms with Gasteiger partial charge in [0.2, 0.25) is 0 Å². The fourth-order valence-electron chi connectivity index (χ4n) is 3.44. The number of para-hydroxylation sites is 2. The van der Waals surface area contributed by atoms with Crippen LogP contribution in [0.3, 0.4) is 0 Å². The fourth-order valence-corrected chi connectivity index (χ4v) is 3.80. The first-order valence-electron chi connectivity index (χ1n) is 10.4. The molecule has 10 heteroatoms. The Bertz CT molecular complexity index is 1470. The second-order valence-corrected chi connectivity index (χ2v) is 8.37. The van der Waals surface area contributed by atoms with Crippen LogP contribution in [0, 0.1) is 6.92 Å². The van der Waals surface area contributed by atoms with Gasteiger partial charge in [-0.3, -0.25) is 19.8 Å². The predicted molar refractivity (Wildman–Crippen MR) is 137 cm³/mol. The topological polar surface area (TPSA) is 101 Å². The highest BCUT2D eigenvalue weighted by Crippen LogP contribution is 2.29. The Morgan fingerprint density at radius 3 is 2.34 bits per heavy atom. The average Bonchev–Trinajstić information content (AvgIpc) is 3.21. The van der Waals surface area contributed by atoms with Gasteiger partial charge < -0.3 is 15.4 Å². The molecule has 0 aliphatic rings. The van der Waals surface area contributed by atoms with Gasteiger partial charge >= 0.3 is 11.8 Å². The Balaban J connectivity index is 1.67. The molecule has 3 aromatic carbocycles. The number of aryl methyl sites for hydroxylation is 1. The van der Waals surface area contributed by atoms with Crippen molar-refractivity contribution >= 4 is 63.2 Å². The number of carbonyl (C=O) groups excluding carboxylic acids is 3. The molecule has 0 atom stereocenters. The zero-order valence-electron chi connectivity index (χ0n) is 18.7. The van der Waals surface area contributed by atoms with E-state index in [0.717, 1.165) is 5.56 Å². The molecule has 35 heavy (non-hydrogen) atoms. The lowest BCUT2D eigenvalue weighted by Crippen LogP contribution is -2.36. The number of ether oxygens (including phenoxy) is 1. The van der Waals surface area contributed by atoms with E-state index in [1.54, 1.807) is 66.7 Å². The third-order valence-corrected chi connectivity index (χ3v) is 5.95. The van der Waals surface area contributed by atoms with Crippen LogP contribution >= 0.6 is 23.2 Å². The summed E-state index contributed by atoms with van der Waals surface area (Å²) in [4.78, 5) is 38.6. The number of nitrogens with one attached hydrogen (secondary N) is 3. The first-order chi connectivity index (χ1) is 16.8. The van der Waals surface area contributed by atoms with E-state index in [-0.39, 0.29) is 5.69 Å². The highest BCUT2D eigenvalue weighted by atomic mass is 35.5. The minimum atomic E-state index is -1.00. The fraction of sp³-hybridized carbons (Fsp3) is 0.0800. The summed E-state index contributed by atoms with van der Waals surface area (Å²) in [5.74, 6) is -2.11. The lowest BCUT2D eigenvalue weighted by molar-refractivity contribution is -0.133. The van der Waals surface area contributed by atoms with Gasteiger partial charge in [0.1, 0.15) is 17.0 Å².